The Hall–Kier alpha value is -0.920. The fourth-order valence-electron chi connectivity index (χ4n) is 1.92. The first kappa shape index (κ1) is 16.5. The molecule has 2 N–H and O–H groups in total. The van der Waals surface area contributed by atoms with Crippen LogP contribution in [0.25, 0.3) is 0 Å². The van der Waals surface area contributed by atoms with Gasteiger partial charge in [0, 0.05) is 20.3 Å². The van der Waals surface area contributed by atoms with Crippen LogP contribution in [-0.4, -0.2) is 12.5 Å². The molecule has 110 valence electrons. The molecule has 0 spiro atoms. The Morgan fingerprint density at radius 2 is 2.00 bits per heavy atom. The zero-order valence-corrected chi connectivity index (χ0v) is 15.4. The molecule has 0 radical (unpaired) electrons. The third-order valence-electron chi connectivity index (χ3n) is 3.00. The minimum atomic E-state index is -0.0929. The molecule has 0 saturated carbocycles. The van der Waals surface area contributed by atoms with Crippen molar-refractivity contribution in [1.29, 1.82) is 0 Å². The smallest absolute Gasteiger partial charge is 0.256 e. The van der Waals surface area contributed by atoms with Crippen LogP contribution in [-0.2, 0) is 6.54 Å². The zero-order valence-electron chi connectivity index (χ0n) is 11.6. The van der Waals surface area contributed by atoms with E-state index in [1.165, 1.54) is 0 Å². The van der Waals surface area contributed by atoms with Crippen molar-refractivity contribution in [3.63, 3.8) is 0 Å². The van der Waals surface area contributed by atoms with Gasteiger partial charge in [0.05, 0.1) is 5.56 Å². The van der Waals surface area contributed by atoms with Crippen molar-refractivity contribution in [2.45, 2.75) is 13.5 Å². The molecule has 2 rings (SSSR count). The summed E-state index contributed by atoms with van der Waals surface area (Å²) in [5, 5.41) is 6.28. The summed E-state index contributed by atoms with van der Waals surface area (Å²) in [6, 6.07) is 13.5. The van der Waals surface area contributed by atoms with Gasteiger partial charge < -0.3 is 10.6 Å². The molecule has 0 aliphatic rings. The quantitative estimate of drug-likeness (QED) is 0.651. The summed E-state index contributed by atoms with van der Waals surface area (Å²) in [6.45, 7) is 3.69. The number of hydrogen-bond donors (Lipinski definition) is 2. The van der Waals surface area contributed by atoms with E-state index in [1.807, 2.05) is 42.5 Å². The van der Waals surface area contributed by atoms with Crippen LogP contribution >= 0.6 is 38.5 Å². The van der Waals surface area contributed by atoms with Gasteiger partial charge in [-0.3, -0.25) is 4.79 Å². The number of carbonyl (C=O) groups is 1. The maximum atomic E-state index is 12.5. The molecular formula is C16H16BrIN2O. The monoisotopic (exact) mass is 458 g/mol. The van der Waals surface area contributed by atoms with Crippen molar-refractivity contribution >= 4 is 50.1 Å². The van der Waals surface area contributed by atoms with E-state index >= 15 is 0 Å². The third-order valence-corrected chi connectivity index (χ3v) is 4.44. The number of carbonyl (C=O) groups excluding carboxylic acids is 1. The first-order chi connectivity index (χ1) is 10.1. The summed E-state index contributed by atoms with van der Waals surface area (Å²) in [6.07, 6.45) is 0. The number of benzene rings is 2. The highest BCUT2D eigenvalue weighted by Crippen LogP contribution is 2.21. The molecule has 0 aromatic heterocycles. The van der Waals surface area contributed by atoms with Gasteiger partial charge in [-0.25, -0.2) is 0 Å². The SMILES string of the molecule is CCNCc1ccccc1NC(=O)c1cc(Br)ccc1I. The van der Waals surface area contributed by atoms with E-state index in [9.17, 15) is 4.79 Å². The molecule has 0 aliphatic heterocycles. The predicted molar refractivity (Wildman–Crippen MR) is 98.6 cm³/mol. The van der Waals surface area contributed by atoms with E-state index < -0.39 is 0 Å². The van der Waals surface area contributed by atoms with Crippen LogP contribution in [0, 0.1) is 3.57 Å². The average Bonchev–Trinajstić information content (AvgIpc) is 2.48. The summed E-state index contributed by atoms with van der Waals surface area (Å²) in [5.74, 6) is -0.0929. The molecule has 0 heterocycles. The van der Waals surface area contributed by atoms with Gasteiger partial charge in [-0.15, -0.1) is 0 Å². The van der Waals surface area contributed by atoms with E-state index in [-0.39, 0.29) is 5.91 Å². The van der Waals surface area contributed by atoms with Crippen molar-refractivity contribution in [3.8, 4) is 0 Å². The normalized spacial score (nSPS) is 10.4. The van der Waals surface area contributed by atoms with Crippen molar-refractivity contribution in [1.82, 2.24) is 5.32 Å². The molecule has 0 unspecified atom stereocenters. The van der Waals surface area contributed by atoms with Gasteiger partial charge in [0.25, 0.3) is 5.91 Å². The minimum Gasteiger partial charge on any atom is -0.322 e. The summed E-state index contributed by atoms with van der Waals surface area (Å²) in [5.41, 5.74) is 2.60. The largest absolute Gasteiger partial charge is 0.322 e. The Morgan fingerprint density at radius 1 is 1.24 bits per heavy atom. The molecule has 1 amide bonds. The molecule has 3 nitrogen and oxygen atoms in total. The Balaban J connectivity index is 2.21. The molecular weight excluding hydrogens is 443 g/mol. The van der Waals surface area contributed by atoms with E-state index in [4.69, 9.17) is 0 Å². The van der Waals surface area contributed by atoms with E-state index in [1.54, 1.807) is 0 Å². The van der Waals surface area contributed by atoms with E-state index in [0.29, 0.717) is 5.56 Å². The topological polar surface area (TPSA) is 41.1 Å². The van der Waals surface area contributed by atoms with Gasteiger partial charge >= 0.3 is 0 Å². The highest BCUT2D eigenvalue weighted by Gasteiger charge is 2.12. The van der Waals surface area contributed by atoms with Crippen LogP contribution in [0.5, 0.6) is 0 Å². The lowest BCUT2D eigenvalue weighted by atomic mass is 10.1. The molecule has 0 saturated heterocycles. The maximum absolute atomic E-state index is 12.5. The standard InChI is InChI=1S/C16H16BrIN2O/c1-2-19-10-11-5-3-4-6-15(11)20-16(21)13-9-12(17)7-8-14(13)18/h3-9,19H,2,10H2,1H3,(H,20,21). The van der Waals surface area contributed by atoms with Crippen molar-refractivity contribution < 1.29 is 4.79 Å². The Bertz CT molecular complexity index is 646. The molecule has 0 atom stereocenters. The Labute approximate surface area is 146 Å². The predicted octanol–water partition coefficient (Wildman–Crippen LogP) is 4.42. The fourth-order valence-corrected chi connectivity index (χ4v) is 2.86. The number of hydrogen-bond acceptors (Lipinski definition) is 2. The van der Waals surface area contributed by atoms with Crippen molar-refractivity contribution in [2.75, 3.05) is 11.9 Å². The second-order valence-corrected chi connectivity index (χ2v) is 6.59. The van der Waals surface area contributed by atoms with Crippen LogP contribution in [0.4, 0.5) is 5.69 Å². The third kappa shape index (κ3) is 4.52. The highest BCUT2D eigenvalue weighted by atomic mass is 127. The number of para-hydroxylation sites is 1. The van der Waals surface area contributed by atoms with Gasteiger partial charge in [-0.1, -0.05) is 41.1 Å². The number of amides is 1. The van der Waals surface area contributed by atoms with Crippen LogP contribution in [0.3, 0.4) is 0 Å². The summed E-state index contributed by atoms with van der Waals surface area (Å²) in [4.78, 5) is 12.5. The fraction of sp³-hybridized carbons (Fsp3) is 0.188. The average molecular weight is 459 g/mol. The van der Waals surface area contributed by atoms with Crippen LogP contribution in [0.1, 0.15) is 22.8 Å². The van der Waals surface area contributed by atoms with Gasteiger partial charge in [-0.2, -0.15) is 0 Å². The van der Waals surface area contributed by atoms with Gasteiger partial charge in [0.15, 0.2) is 0 Å². The highest BCUT2D eigenvalue weighted by molar-refractivity contribution is 14.1. The van der Waals surface area contributed by atoms with Crippen LogP contribution in [0.15, 0.2) is 46.9 Å². The molecule has 0 bridgehead atoms. The molecule has 2 aromatic rings. The zero-order chi connectivity index (χ0) is 15.2. The summed E-state index contributed by atoms with van der Waals surface area (Å²) >= 11 is 5.58. The first-order valence-corrected chi connectivity index (χ1v) is 8.54. The number of nitrogens with one attached hydrogen (secondary N) is 2. The number of anilines is 1. The lowest BCUT2D eigenvalue weighted by Crippen LogP contribution is -2.17. The second kappa shape index (κ2) is 7.91. The maximum Gasteiger partial charge on any atom is 0.256 e. The molecule has 0 fully saturated rings. The Morgan fingerprint density at radius 3 is 2.76 bits per heavy atom. The van der Waals surface area contributed by atoms with Gasteiger partial charge in [0.2, 0.25) is 0 Å². The minimum absolute atomic E-state index is 0.0929. The van der Waals surface area contributed by atoms with Crippen molar-refractivity contribution in [2.24, 2.45) is 0 Å². The number of rotatable bonds is 5. The van der Waals surface area contributed by atoms with Crippen LogP contribution in [0.2, 0.25) is 0 Å². The lowest BCUT2D eigenvalue weighted by molar-refractivity contribution is 0.102. The summed E-state index contributed by atoms with van der Waals surface area (Å²) < 4.78 is 1.83. The molecule has 5 heteroatoms. The molecule has 0 aliphatic carbocycles. The first-order valence-electron chi connectivity index (χ1n) is 6.67. The lowest BCUT2D eigenvalue weighted by Gasteiger charge is -2.12. The van der Waals surface area contributed by atoms with Gasteiger partial charge in [-0.05, 0) is 59.0 Å². The summed E-state index contributed by atoms with van der Waals surface area (Å²) in [7, 11) is 0. The Kier molecular flexibility index (Phi) is 6.20. The van der Waals surface area contributed by atoms with Crippen molar-refractivity contribution in [3.05, 3.63) is 61.6 Å². The van der Waals surface area contributed by atoms with E-state index in [2.05, 4.69) is 56.1 Å². The van der Waals surface area contributed by atoms with Gasteiger partial charge in [0.1, 0.15) is 0 Å². The van der Waals surface area contributed by atoms with E-state index in [0.717, 1.165) is 32.4 Å². The molecule has 21 heavy (non-hydrogen) atoms. The second-order valence-electron chi connectivity index (χ2n) is 4.52. The number of halogens is 2. The van der Waals surface area contributed by atoms with Crippen LogP contribution < -0.4 is 10.6 Å². The molecule has 2 aromatic carbocycles.